The van der Waals surface area contributed by atoms with Crippen molar-refractivity contribution in [2.45, 2.75) is 26.2 Å². The first-order chi connectivity index (χ1) is 13.5. The standard InChI is InChI=1S/C24H23N3O/c1-18-7-9-19(10-8-18)24(2,3)20-11-13-22(14-12-20)28-23-6-4-5-21(17-23)27-25-15-16-26-27/h4-17H,1-3H3. The molecule has 0 aliphatic heterocycles. The molecule has 0 aliphatic rings. The van der Waals surface area contributed by atoms with Crippen LogP contribution in [0.3, 0.4) is 0 Å². The SMILES string of the molecule is Cc1ccc(C(C)(C)c2ccc(Oc3cccc(-n4nccn4)c3)cc2)cc1. The highest BCUT2D eigenvalue weighted by Crippen LogP contribution is 2.33. The lowest BCUT2D eigenvalue weighted by Gasteiger charge is -2.26. The van der Waals surface area contributed by atoms with Crippen LogP contribution in [0.25, 0.3) is 5.69 Å². The normalized spacial score (nSPS) is 11.4. The predicted octanol–water partition coefficient (Wildman–Crippen LogP) is 5.69. The van der Waals surface area contributed by atoms with E-state index in [1.807, 2.05) is 36.4 Å². The first-order valence-corrected chi connectivity index (χ1v) is 9.35. The molecule has 0 unspecified atom stereocenters. The minimum absolute atomic E-state index is 0.0715. The summed E-state index contributed by atoms with van der Waals surface area (Å²) in [6, 6.07) is 24.8. The molecule has 4 rings (SSSR count). The van der Waals surface area contributed by atoms with Crippen molar-refractivity contribution >= 4 is 0 Å². The fourth-order valence-electron chi connectivity index (χ4n) is 3.23. The minimum Gasteiger partial charge on any atom is -0.457 e. The van der Waals surface area contributed by atoms with Gasteiger partial charge in [0, 0.05) is 11.5 Å². The van der Waals surface area contributed by atoms with Crippen LogP contribution in [0.5, 0.6) is 11.5 Å². The molecule has 0 N–H and O–H groups in total. The van der Waals surface area contributed by atoms with Crippen LogP contribution in [-0.4, -0.2) is 15.0 Å². The molecule has 4 aromatic rings. The van der Waals surface area contributed by atoms with Crippen molar-refractivity contribution in [1.82, 2.24) is 15.0 Å². The van der Waals surface area contributed by atoms with Gasteiger partial charge in [-0.1, -0.05) is 61.9 Å². The van der Waals surface area contributed by atoms with Gasteiger partial charge in [-0.15, -0.1) is 0 Å². The van der Waals surface area contributed by atoms with Crippen molar-refractivity contribution in [3.05, 3.63) is 102 Å². The largest absolute Gasteiger partial charge is 0.457 e. The maximum atomic E-state index is 6.04. The van der Waals surface area contributed by atoms with E-state index < -0.39 is 0 Å². The highest BCUT2D eigenvalue weighted by Gasteiger charge is 2.22. The highest BCUT2D eigenvalue weighted by atomic mass is 16.5. The molecule has 0 amide bonds. The molecule has 0 radical (unpaired) electrons. The minimum atomic E-state index is -0.0715. The molecule has 4 heteroatoms. The van der Waals surface area contributed by atoms with Crippen LogP contribution >= 0.6 is 0 Å². The van der Waals surface area contributed by atoms with Gasteiger partial charge in [0.15, 0.2) is 0 Å². The van der Waals surface area contributed by atoms with Crippen LogP contribution in [0.15, 0.2) is 85.2 Å². The third kappa shape index (κ3) is 3.67. The van der Waals surface area contributed by atoms with E-state index in [9.17, 15) is 0 Å². The summed E-state index contributed by atoms with van der Waals surface area (Å²) in [4.78, 5) is 1.57. The van der Waals surface area contributed by atoms with E-state index in [1.54, 1.807) is 17.2 Å². The van der Waals surface area contributed by atoms with Gasteiger partial charge in [0.25, 0.3) is 0 Å². The predicted molar refractivity (Wildman–Crippen MR) is 111 cm³/mol. The quantitative estimate of drug-likeness (QED) is 0.453. The van der Waals surface area contributed by atoms with Crippen LogP contribution in [0.1, 0.15) is 30.5 Å². The number of nitrogens with zero attached hydrogens (tertiary/aromatic N) is 3. The number of ether oxygens (including phenoxy) is 1. The molecule has 1 aromatic heterocycles. The molecule has 1 heterocycles. The molecule has 28 heavy (non-hydrogen) atoms. The van der Waals surface area contributed by atoms with Crippen LogP contribution < -0.4 is 4.74 Å². The Morgan fingerprint density at radius 3 is 2.00 bits per heavy atom. The van der Waals surface area contributed by atoms with Gasteiger partial charge in [0.05, 0.1) is 18.1 Å². The fraction of sp³-hybridized carbons (Fsp3) is 0.167. The van der Waals surface area contributed by atoms with Crippen LogP contribution in [-0.2, 0) is 5.41 Å². The molecule has 0 saturated carbocycles. The summed E-state index contributed by atoms with van der Waals surface area (Å²) in [5, 5.41) is 8.31. The second-order valence-electron chi connectivity index (χ2n) is 7.43. The topological polar surface area (TPSA) is 39.9 Å². The van der Waals surface area contributed by atoms with Crippen molar-refractivity contribution in [3.63, 3.8) is 0 Å². The number of aryl methyl sites for hydroxylation is 1. The molecular formula is C24H23N3O. The van der Waals surface area contributed by atoms with E-state index in [2.05, 4.69) is 67.4 Å². The molecule has 140 valence electrons. The maximum Gasteiger partial charge on any atom is 0.129 e. The van der Waals surface area contributed by atoms with E-state index in [-0.39, 0.29) is 5.41 Å². The van der Waals surface area contributed by atoms with Gasteiger partial charge in [-0.3, -0.25) is 0 Å². The summed E-state index contributed by atoms with van der Waals surface area (Å²) in [6.07, 6.45) is 3.31. The highest BCUT2D eigenvalue weighted by molar-refractivity contribution is 5.43. The Morgan fingerprint density at radius 1 is 0.750 bits per heavy atom. The Labute approximate surface area is 165 Å². The summed E-state index contributed by atoms with van der Waals surface area (Å²) in [6.45, 7) is 6.60. The van der Waals surface area contributed by atoms with Crippen molar-refractivity contribution in [2.75, 3.05) is 0 Å². The summed E-state index contributed by atoms with van der Waals surface area (Å²) in [5.74, 6) is 1.55. The van der Waals surface area contributed by atoms with E-state index >= 15 is 0 Å². The summed E-state index contributed by atoms with van der Waals surface area (Å²) >= 11 is 0. The van der Waals surface area contributed by atoms with E-state index in [0.717, 1.165) is 17.2 Å². The molecule has 0 saturated heterocycles. The lowest BCUT2D eigenvalue weighted by molar-refractivity contribution is 0.481. The van der Waals surface area contributed by atoms with Gasteiger partial charge < -0.3 is 4.74 Å². The summed E-state index contributed by atoms with van der Waals surface area (Å²) in [5.41, 5.74) is 4.61. The van der Waals surface area contributed by atoms with E-state index in [0.29, 0.717) is 0 Å². The zero-order chi connectivity index (χ0) is 19.6. The molecule has 0 spiro atoms. The Hall–Kier alpha value is -3.40. The maximum absolute atomic E-state index is 6.04. The second kappa shape index (κ2) is 7.31. The van der Waals surface area contributed by atoms with Crippen molar-refractivity contribution in [3.8, 4) is 17.2 Å². The lowest BCUT2D eigenvalue weighted by atomic mass is 9.78. The van der Waals surface area contributed by atoms with E-state index in [4.69, 9.17) is 4.74 Å². The van der Waals surface area contributed by atoms with Gasteiger partial charge in [-0.25, -0.2) is 0 Å². The number of benzene rings is 3. The number of hydrogen-bond acceptors (Lipinski definition) is 3. The van der Waals surface area contributed by atoms with Gasteiger partial charge in [-0.2, -0.15) is 15.0 Å². The summed E-state index contributed by atoms with van der Waals surface area (Å²) < 4.78 is 6.04. The van der Waals surface area contributed by atoms with Gasteiger partial charge in [0.2, 0.25) is 0 Å². The van der Waals surface area contributed by atoms with Gasteiger partial charge in [0.1, 0.15) is 11.5 Å². The monoisotopic (exact) mass is 369 g/mol. The lowest BCUT2D eigenvalue weighted by Crippen LogP contribution is -2.18. The number of aromatic nitrogens is 3. The molecule has 0 atom stereocenters. The molecule has 4 nitrogen and oxygen atoms in total. The van der Waals surface area contributed by atoms with Crippen molar-refractivity contribution in [2.24, 2.45) is 0 Å². The second-order valence-corrected chi connectivity index (χ2v) is 7.43. The molecule has 0 bridgehead atoms. The fourth-order valence-corrected chi connectivity index (χ4v) is 3.23. The van der Waals surface area contributed by atoms with Gasteiger partial charge in [-0.05, 0) is 42.3 Å². The third-order valence-electron chi connectivity index (χ3n) is 5.05. The number of rotatable bonds is 5. The average Bonchev–Trinajstić information content (AvgIpc) is 3.24. The van der Waals surface area contributed by atoms with Crippen LogP contribution in [0.4, 0.5) is 0 Å². The van der Waals surface area contributed by atoms with Crippen molar-refractivity contribution in [1.29, 1.82) is 0 Å². The number of hydrogen-bond donors (Lipinski definition) is 0. The van der Waals surface area contributed by atoms with E-state index in [1.165, 1.54) is 16.7 Å². The first kappa shape index (κ1) is 18.0. The Morgan fingerprint density at radius 2 is 1.36 bits per heavy atom. The van der Waals surface area contributed by atoms with Crippen molar-refractivity contribution < 1.29 is 4.74 Å². The first-order valence-electron chi connectivity index (χ1n) is 9.35. The molecular weight excluding hydrogens is 346 g/mol. The Kier molecular flexibility index (Phi) is 4.70. The Bertz CT molecular complexity index is 1050. The molecule has 0 fully saturated rings. The Balaban J connectivity index is 1.54. The molecule has 3 aromatic carbocycles. The van der Waals surface area contributed by atoms with Crippen LogP contribution in [0, 0.1) is 6.92 Å². The molecule has 0 aliphatic carbocycles. The zero-order valence-corrected chi connectivity index (χ0v) is 16.3. The van der Waals surface area contributed by atoms with Gasteiger partial charge >= 0.3 is 0 Å². The smallest absolute Gasteiger partial charge is 0.129 e. The summed E-state index contributed by atoms with van der Waals surface area (Å²) in [7, 11) is 0. The van der Waals surface area contributed by atoms with Crippen LogP contribution in [0.2, 0.25) is 0 Å². The average molecular weight is 369 g/mol. The third-order valence-corrected chi connectivity index (χ3v) is 5.05. The zero-order valence-electron chi connectivity index (χ0n) is 16.3.